The Morgan fingerprint density at radius 2 is 2.50 bits per heavy atom. The van der Waals surface area contributed by atoms with Gasteiger partial charge >= 0.3 is 5.97 Å². The quantitative estimate of drug-likeness (QED) is 0.469. The summed E-state index contributed by atoms with van der Waals surface area (Å²) in [5, 5.41) is 8.38. The van der Waals surface area contributed by atoms with Gasteiger partial charge in [-0.2, -0.15) is 0 Å². The van der Waals surface area contributed by atoms with Crippen LogP contribution < -0.4 is 0 Å². The van der Waals surface area contributed by atoms with E-state index in [9.17, 15) is 4.79 Å². The number of rotatable bonds is 4. The highest BCUT2D eigenvalue weighted by molar-refractivity contribution is 5.81. The minimum atomic E-state index is -0.464. The molecule has 0 spiro atoms. The lowest BCUT2D eigenvalue weighted by Gasteiger charge is -2.05. The van der Waals surface area contributed by atoms with Gasteiger partial charge in [0.15, 0.2) is 0 Å². The van der Waals surface area contributed by atoms with Crippen LogP contribution in [0.3, 0.4) is 0 Å². The molecule has 3 heteroatoms. The van der Waals surface area contributed by atoms with Gasteiger partial charge in [-0.3, -0.25) is 0 Å². The standard InChI is InChI=1S/C7H11O3/c1-3-7(9)10-5-6(2)4-8/h3-4,6,8H,1,5H2,2H3. The van der Waals surface area contributed by atoms with Crippen LogP contribution in [-0.2, 0) is 9.53 Å². The van der Waals surface area contributed by atoms with Crippen LogP contribution in [0.2, 0.25) is 0 Å². The van der Waals surface area contributed by atoms with E-state index in [-0.39, 0.29) is 12.5 Å². The Labute approximate surface area is 60.3 Å². The van der Waals surface area contributed by atoms with Gasteiger partial charge < -0.3 is 9.84 Å². The van der Waals surface area contributed by atoms with Crippen LogP contribution in [0, 0.1) is 12.5 Å². The SMILES string of the molecule is C=CC(=O)OCC(C)[CH]O. The van der Waals surface area contributed by atoms with Crippen LogP contribution in [0.5, 0.6) is 0 Å². The minimum Gasteiger partial charge on any atom is -0.462 e. The fraction of sp³-hybridized carbons (Fsp3) is 0.429. The molecule has 0 aliphatic rings. The Balaban J connectivity index is 3.34. The lowest BCUT2D eigenvalue weighted by Crippen LogP contribution is -2.09. The fourth-order valence-electron chi connectivity index (χ4n) is 0.316. The van der Waals surface area contributed by atoms with Crippen LogP contribution in [0.15, 0.2) is 12.7 Å². The molecule has 0 aliphatic carbocycles. The van der Waals surface area contributed by atoms with Crippen LogP contribution >= 0.6 is 0 Å². The lowest BCUT2D eigenvalue weighted by molar-refractivity contribution is -0.138. The maximum absolute atomic E-state index is 10.4. The molecule has 57 valence electrons. The summed E-state index contributed by atoms with van der Waals surface area (Å²) in [6.45, 7) is 6.13. The molecule has 1 N–H and O–H groups in total. The average molecular weight is 143 g/mol. The minimum absolute atomic E-state index is 0.121. The second kappa shape index (κ2) is 4.99. The van der Waals surface area contributed by atoms with Crippen molar-refractivity contribution in [3.8, 4) is 0 Å². The third-order valence-electron chi connectivity index (χ3n) is 0.910. The topological polar surface area (TPSA) is 46.5 Å². The predicted octanol–water partition coefficient (Wildman–Crippen LogP) is 0.886. The zero-order valence-electron chi connectivity index (χ0n) is 5.91. The van der Waals surface area contributed by atoms with Crippen molar-refractivity contribution in [3.63, 3.8) is 0 Å². The Morgan fingerprint density at radius 1 is 1.90 bits per heavy atom. The highest BCUT2D eigenvalue weighted by Crippen LogP contribution is 1.97. The fourth-order valence-corrected chi connectivity index (χ4v) is 0.316. The van der Waals surface area contributed by atoms with Crippen molar-refractivity contribution in [2.75, 3.05) is 6.61 Å². The monoisotopic (exact) mass is 143 g/mol. The van der Waals surface area contributed by atoms with E-state index in [1.54, 1.807) is 6.92 Å². The van der Waals surface area contributed by atoms with Crippen molar-refractivity contribution in [2.24, 2.45) is 5.92 Å². The van der Waals surface area contributed by atoms with E-state index in [0.29, 0.717) is 0 Å². The Bertz CT molecular complexity index is 120. The normalized spacial score (nSPS) is 12.2. The van der Waals surface area contributed by atoms with Gasteiger partial charge in [0.2, 0.25) is 0 Å². The lowest BCUT2D eigenvalue weighted by atomic mass is 10.2. The third-order valence-corrected chi connectivity index (χ3v) is 0.910. The van der Waals surface area contributed by atoms with Crippen molar-refractivity contribution >= 4 is 5.97 Å². The van der Waals surface area contributed by atoms with Crippen molar-refractivity contribution in [3.05, 3.63) is 19.3 Å². The largest absolute Gasteiger partial charge is 0.462 e. The Hall–Kier alpha value is -0.830. The zero-order chi connectivity index (χ0) is 7.98. The van der Waals surface area contributed by atoms with E-state index >= 15 is 0 Å². The summed E-state index contributed by atoms with van der Waals surface area (Å²) < 4.78 is 4.60. The third kappa shape index (κ3) is 4.09. The van der Waals surface area contributed by atoms with E-state index in [2.05, 4.69) is 11.3 Å². The number of esters is 1. The second-order valence-corrected chi connectivity index (χ2v) is 1.96. The molecular formula is C7H11O3. The van der Waals surface area contributed by atoms with Crippen LogP contribution in [0.1, 0.15) is 6.92 Å². The summed E-state index contributed by atoms with van der Waals surface area (Å²) >= 11 is 0. The number of aliphatic hydroxyl groups excluding tert-OH is 1. The van der Waals surface area contributed by atoms with Crippen molar-refractivity contribution in [2.45, 2.75) is 6.92 Å². The number of hydrogen-bond acceptors (Lipinski definition) is 3. The number of ether oxygens (including phenoxy) is 1. The first kappa shape index (κ1) is 9.17. The molecule has 0 saturated carbocycles. The smallest absolute Gasteiger partial charge is 0.330 e. The molecular weight excluding hydrogens is 132 g/mol. The van der Waals surface area contributed by atoms with Crippen molar-refractivity contribution in [1.82, 2.24) is 0 Å². The van der Waals surface area contributed by atoms with E-state index in [1.807, 2.05) is 0 Å². The number of carbonyl (C=O) groups is 1. The molecule has 1 radical (unpaired) electrons. The summed E-state index contributed by atoms with van der Waals surface area (Å²) in [6.07, 6.45) is 1.09. The Kier molecular flexibility index (Phi) is 4.58. The molecule has 0 saturated heterocycles. The molecule has 0 bridgehead atoms. The Morgan fingerprint density at radius 3 is 2.90 bits per heavy atom. The number of hydrogen-bond donors (Lipinski definition) is 1. The molecule has 0 aromatic heterocycles. The highest BCUT2D eigenvalue weighted by Gasteiger charge is 2.02. The van der Waals surface area contributed by atoms with E-state index < -0.39 is 5.97 Å². The van der Waals surface area contributed by atoms with Gasteiger partial charge in [0, 0.05) is 12.0 Å². The van der Waals surface area contributed by atoms with E-state index in [4.69, 9.17) is 5.11 Å². The molecule has 0 rings (SSSR count). The zero-order valence-corrected chi connectivity index (χ0v) is 5.91. The van der Waals surface area contributed by atoms with Gasteiger partial charge in [-0.15, -0.1) is 0 Å². The summed E-state index contributed by atoms with van der Waals surface area (Å²) in [4.78, 5) is 10.4. The van der Waals surface area contributed by atoms with Crippen molar-refractivity contribution in [1.29, 1.82) is 0 Å². The van der Waals surface area contributed by atoms with Gasteiger partial charge in [0.1, 0.15) is 0 Å². The number of aliphatic hydroxyl groups is 1. The molecule has 1 unspecified atom stereocenters. The van der Waals surface area contributed by atoms with E-state index in [1.165, 1.54) is 0 Å². The van der Waals surface area contributed by atoms with Gasteiger partial charge in [-0.1, -0.05) is 13.5 Å². The maximum atomic E-state index is 10.4. The predicted molar refractivity (Wildman–Crippen MR) is 36.6 cm³/mol. The summed E-state index contributed by atoms with van der Waals surface area (Å²) in [5.41, 5.74) is 0. The van der Waals surface area contributed by atoms with E-state index in [0.717, 1.165) is 12.7 Å². The first-order valence-electron chi connectivity index (χ1n) is 2.97. The van der Waals surface area contributed by atoms with Gasteiger partial charge in [-0.25, -0.2) is 4.79 Å². The average Bonchev–Trinajstić information content (AvgIpc) is 1.99. The van der Waals surface area contributed by atoms with Gasteiger partial charge in [0.25, 0.3) is 0 Å². The van der Waals surface area contributed by atoms with Crippen LogP contribution in [-0.4, -0.2) is 17.7 Å². The van der Waals surface area contributed by atoms with Crippen LogP contribution in [0.25, 0.3) is 0 Å². The summed E-state index contributed by atoms with van der Waals surface area (Å²) in [5.74, 6) is -0.586. The molecule has 0 amide bonds. The summed E-state index contributed by atoms with van der Waals surface area (Å²) in [7, 11) is 0. The molecule has 0 aromatic carbocycles. The second-order valence-electron chi connectivity index (χ2n) is 1.96. The first-order valence-corrected chi connectivity index (χ1v) is 2.97. The van der Waals surface area contributed by atoms with Crippen molar-refractivity contribution < 1.29 is 14.6 Å². The van der Waals surface area contributed by atoms with Crippen LogP contribution in [0.4, 0.5) is 0 Å². The van der Waals surface area contributed by atoms with Gasteiger partial charge in [-0.05, 0) is 0 Å². The first-order chi connectivity index (χ1) is 4.70. The molecule has 10 heavy (non-hydrogen) atoms. The molecule has 0 aromatic rings. The van der Waals surface area contributed by atoms with Gasteiger partial charge in [0.05, 0.1) is 13.2 Å². The molecule has 0 aliphatic heterocycles. The molecule has 3 nitrogen and oxygen atoms in total. The molecule has 1 atom stereocenters. The summed E-state index contributed by atoms with van der Waals surface area (Å²) in [6, 6.07) is 0. The number of carbonyl (C=O) groups excluding carboxylic acids is 1. The highest BCUT2D eigenvalue weighted by atomic mass is 16.5. The molecule has 0 heterocycles. The molecule has 0 fully saturated rings. The maximum Gasteiger partial charge on any atom is 0.330 e.